The van der Waals surface area contributed by atoms with E-state index in [9.17, 15) is 9.59 Å². The van der Waals surface area contributed by atoms with Gasteiger partial charge >= 0.3 is 11.9 Å². The number of hydrogen-bond donors (Lipinski definition) is 1. The predicted molar refractivity (Wildman–Crippen MR) is 200 cm³/mol. The van der Waals surface area contributed by atoms with Crippen LogP contribution in [0.4, 0.5) is 0 Å². The van der Waals surface area contributed by atoms with Crippen LogP contribution in [-0.2, 0) is 14.0 Å². The Morgan fingerprint density at radius 1 is 0.878 bits per heavy atom. The summed E-state index contributed by atoms with van der Waals surface area (Å²) in [5.41, 5.74) is 3.69. The molecule has 0 unspecified atom stereocenters. The molecule has 1 N–H and O–H groups in total. The molecule has 0 aromatic heterocycles. The molecule has 7 heteroatoms. The summed E-state index contributed by atoms with van der Waals surface area (Å²) in [4.78, 5) is 24.5. The largest absolute Gasteiger partial charge is 0.491 e. The third kappa shape index (κ3) is 10.9. The average molecular weight is 685 g/mol. The van der Waals surface area contributed by atoms with Gasteiger partial charge in [0, 0.05) is 18.3 Å². The van der Waals surface area contributed by atoms with E-state index in [1.165, 1.54) is 5.57 Å². The van der Waals surface area contributed by atoms with Gasteiger partial charge in [-0.05, 0) is 79.2 Å². The Balaban J connectivity index is 1.47. The van der Waals surface area contributed by atoms with Crippen LogP contribution >= 0.6 is 0 Å². The molecule has 0 bridgehead atoms. The molecule has 264 valence electrons. The van der Waals surface area contributed by atoms with Crippen LogP contribution in [0.25, 0.3) is 11.1 Å². The summed E-state index contributed by atoms with van der Waals surface area (Å²) in [5, 5.41) is 9.12. The molecule has 0 spiro atoms. The fourth-order valence-electron chi connectivity index (χ4n) is 6.38. The van der Waals surface area contributed by atoms with E-state index in [-0.39, 0.29) is 35.1 Å². The van der Waals surface area contributed by atoms with Gasteiger partial charge in [-0.15, -0.1) is 0 Å². The van der Waals surface area contributed by atoms with Crippen molar-refractivity contribution in [2.24, 2.45) is 5.41 Å². The number of carboxylic acid groups (broad SMARTS) is 1. The molecule has 4 rings (SSSR count). The van der Waals surface area contributed by atoms with Crippen molar-refractivity contribution < 1.29 is 28.6 Å². The summed E-state index contributed by atoms with van der Waals surface area (Å²) in [6, 6.07) is 27.7. The summed E-state index contributed by atoms with van der Waals surface area (Å²) in [6.45, 7) is 14.1. The van der Waals surface area contributed by atoms with Gasteiger partial charge < -0.3 is 19.0 Å². The minimum Gasteiger partial charge on any atom is -0.491 e. The lowest BCUT2D eigenvalue weighted by Gasteiger charge is -2.40. The third-order valence-electron chi connectivity index (χ3n) is 10.5. The zero-order chi connectivity index (χ0) is 35.5. The predicted octanol–water partition coefficient (Wildman–Crippen LogP) is 10.9. The van der Waals surface area contributed by atoms with Crippen molar-refractivity contribution in [3.05, 3.63) is 102 Å². The lowest BCUT2D eigenvalue weighted by molar-refractivity contribution is -0.137. The number of hydrogen-bond acceptors (Lipinski definition) is 5. The van der Waals surface area contributed by atoms with Crippen molar-refractivity contribution in [1.82, 2.24) is 0 Å². The number of esters is 1. The third-order valence-corrected chi connectivity index (χ3v) is 15.1. The van der Waals surface area contributed by atoms with Crippen LogP contribution in [0.5, 0.6) is 5.75 Å². The van der Waals surface area contributed by atoms with Gasteiger partial charge in [0.1, 0.15) is 18.5 Å². The SMILES string of the molecule is CC(C)(C)[Si](C)(C)O[C@@H](CCC1=CC[C@H](OC(=O)c2ccc(-c3ccccc3)cc2)[C@]1(C)CCCCCCC(=O)O)COc1ccccc1. The Morgan fingerprint density at radius 3 is 2.12 bits per heavy atom. The molecule has 0 fully saturated rings. The highest BCUT2D eigenvalue weighted by Gasteiger charge is 2.44. The molecule has 0 aliphatic heterocycles. The molecule has 0 saturated heterocycles. The fourth-order valence-corrected chi connectivity index (χ4v) is 7.75. The van der Waals surface area contributed by atoms with Crippen LogP contribution in [0, 0.1) is 5.41 Å². The first-order valence-corrected chi connectivity index (χ1v) is 20.8. The van der Waals surface area contributed by atoms with Gasteiger partial charge in [0.05, 0.1) is 11.7 Å². The minimum absolute atomic E-state index is 0.0678. The number of carbonyl (C=O) groups is 2. The van der Waals surface area contributed by atoms with Crippen molar-refractivity contribution in [3.63, 3.8) is 0 Å². The zero-order valence-electron chi connectivity index (χ0n) is 30.4. The molecule has 1 aliphatic rings. The average Bonchev–Trinajstić information content (AvgIpc) is 3.38. The number of benzene rings is 3. The molecule has 0 saturated carbocycles. The molecule has 3 aromatic rings. The highest BCUT2D eigenvalue weighted by molar-refractivity contribution is 6.74. The van der Waals surface area contributed by atoms with Gasteiger partial charge in [0.15, 0.2) is 8.32 Å². The number of unbranched alkanes of at least 4 members (excludes halogenated alkanes) is 3. The Labute approximate surface area is 295 Å². The molecule has 6 nitrogen and oxygen atoms in total. The number of para-hydroxylation sites is 1. The summed E-state index contributed by atoms with van der Waals surface area (Å²) in [5.74, 6) is -0.215. The summed E-state index contributed by atoms with van der Waals surface area (Å²) < 4.78 is 19.5. The van der Waals surface area contributed by atoms with Gasteiger partial charge in [0.25, 0.3) is 0 Å². The van der Waals surface area contributed by atoms with Crippen LogP contribution in [0.15, 0.2) is 96.6 Å². The lowest BCUT2D eigenvalue weighted by Crippen LogP contribution is -2.45. The second-order valence-corrected chi connectivity index (χ2v) is 19.9. The van der Waals surface area contributed by atoms with Gasteiger partial charge in [-0.1, -0.05) is 119 Å². The van der Waals surface area contributed by atoms with E-state index in [1.54, 1.807) is 0 Å². The number of ether oxygens (including phenoxy) is 2. The van der Waals surface area contributed by atoms with Crippen molar-refractivity contribution >= 4 is 20.3 Å². The van der Waals surface area contributed by atoms with E-state index in [0.717, 1.165) is 55.4 Å². The number of rotatable bonds is 18. The van der Waals surface area contributed by atoms with Crippen molar-refractivity contribution in [3.8, 4) is 16.9 Å². The normalized spacial score (nSPS) is 18.5. The van der Waals surface area contributed by atoms with E-state index < -0.39 is 14.3 Å². The molecular formula is C42H56O6Si. The summed E-state index contributed by atoms with van der Waals surface area (Å²) in [7, 11) is -2.07. The maximum Gasteiger partial charge on any atom is 0.338 e. The smallest absolute Gasteiger partial charge is 0.338 e. The molecular weight excluding hydrogens is 629 g/mol. The van der Waals surface area contributed by atoms with Gasteiger partial charge in [-0.3, -0.25) is 4.79 Å². The molecule has 1 aliphatic carbocycles. The Morgan fingerprint density at radius 2 is 1.49 bits per heavy atom. The molecule has 0 radical (unpaired) electrons. The zero-order valence-corrected chi connectivity index (χ0v) is 31.4. The first-order valence-electron chi connectivity index (χ1n) is 17.9. The topological polar surface area (TPSA) is 82.1 Å². The maximum absolute atomic E-state index is 13.5. The Hall–Kier alpha value is -3.68. The van der Waals surface area contributed by atoms with Crippen molar-refractivity contribution in [2.45, 2.75) is 116 Å². The second kappa shape index (κ2) is 17.3. The van der Waals surface area contributed by atoms with Gasteiger partial charge in [-0.25, -0.2) is 4.79 Å². The van der Waals surface area contributed by atoms with Crippen molar-refractivity contribution in [1.29, 1.82) is 0 Å². The molecule has 49 heavy (non-hydrogen) atoms. The first-order chi connectivity index (χ1) is 23.3. The van der Waals surface area contributed by atoms with E-state index in [0.29, 0.717) is 25.0 Å². The summed E-state index contributed by atoms with van der Waals surface area (Å²) >= 11 is 0. The van der Waals surface area contributed by atoms with E-state index in [4.69, 9.17) is 19.0 Å². The second-order valence-electron chi connectivity index (χ2n) is 15.2. The Bertz CT molecular complexity index is 1510. The lowest BCUT2D eigenvalue weighted by atomic mass is 9.75. The van der Waals surface area contributed by atoms with E-state index >= 15 is 0 Å². The van der Waals surface area contributed by atoms with Gasteiger partial charge in [-0.2, -0.15) is 0 Å². The monoisotopic (exact) mass is 684 g/mol. The summed E-state index contributed by atoms with van der Waals surface area (Å²) in [6.07, 6.45) is 8.74. The quantitative estimate of drug-likeness (QED) is 0.0621. The number of carbonyl (C=O) groups excluding carboxylic acids is 1. The van der Waals surface area contributed by atoms with Crippen molar-refractivity contribution in [2.75, 3.05) is 6.61 Å². The first kappa shape index (κ1) is 38.1. The van der Waals surface area contributed by atoms with Gasteiger partial charge in [0.2, 0.25) is 0 Å². The standard InChI is InChI=1S/C42H56O6Si/c1-41(2,3)49(5,6)48-37(31-46-36-19-13-10-14-20-36)28-26-35-27-29-38(42(35,4)30-16-8-7-15-21-39(43)44)47-40(45)34-24-22-33(23-25-34)32-17-11-9-12-18-32/h9-14,17-20,22-25,27,37-38H,7-8,15-16,21,26,28-31H2,1-6H3,(H,43,44)/t37-,38-,42+/m0/s1. The number of aliphatic carboxylic acids is 1. The highest BCUT2D eigenvalue weighted by Crippen LogP contribution is 2.48. The maximum atomic E-state index is 13.5. The van der Waals surface area contributed by atoms with Crippen LogP contribution in [0.2, 0.25) is 18.1 Å². The highest BCUT2D eigenvalue weighted by atomic mass is 28.4. The molecule has 3 atom stereocenters. The van der Waals surface area contributed by atoms with E-state index in [2.05, 4.69) is 59.0 Å². The molecule has 0 amide bonds. The molecule has 3 aromatic carbocycles. The molecule has 0 heterocycles. The van der Waals surface area contributed by atoms with Crippen LogP contribution < -0.4 is 4.74 Å². The number of carboxylic acids is 1. The minimum atomic E-state index is -2.07. The van der Waals surface area contributed by atoms with Crippen LogP contribution in [0.3, 0.4) is 0 Å². The van der Waals surface area contributed by atoms with E-state index in [1.807, 2.05) is 72.8 Å². The fraction of sp³-hybridized carbons (Fsp3) is 0.476. The van der Waals surface area contributed by atoms with Crippen LogP contribution in [0.1, 0.15) is 95.8 Å². The van der Waals surface area contributed by atoms with Crippen LogP contribution in [-0.4, -0.2) is 44.2 Å². The Kier molecular flexibility index (Phi) is 13.5.